The second kappa shape index (κ2) is 9.47. The van der Waals surface area contributed by atoms with Crippen molar-refractivity contribution in [3.8, 4) is 16.9 Å². The van der Waals surface area contributed by atoms with Crippen LogP contribution in [0.1, 0.15) is 20.3 Å². The van der Waals surface area contributed by atoms with Crippen molar-refractivity contribution in [1.29, 1.82) is 0 Å². The van der Waals surface area contributed by atoms with Crippen molar-refractivity contribution in [1.82, 2.24) is 5.32 Å². The van der Waals surface area contributed by atoms with Crippen LogP contribution < -0.4 is 10.1 Å². The van der Waals surface area contributed by atoms with E-state index in [-0.39, 0.29) is 25.2 Å². The van der Waals surface area contributed by atoms with Gasteiger partial charge in [-0.1, -0.05) is 49.4 Å². The van der Waals surface area contributed by atoms with Gasteiger partial charge < -0.3 is 14.8 Å². The number of rotatable bonds is 8. The summed E-state index contributed by atoms with van der Waals surface area (Å²) in [5.41, 5.74) is 2.18. The molecule has 0 aliphatic rings. The smallest absolute Gasteiger partial charge is 0.344 e. The average Bonchev–Trinajstić information content (AvgIpc) is 2.65. The number of hydrogen-bond acceptors (Lipinski definition) is 4. The lowest BCUT2D eigenvalue weighted by molar-refractivity contribution is -0.150. The molecule has 25 heavy (non-hydrogen) atoms. The molecule has 5 nitrogen and oxygen atoms in total. The zero-order chi connectivity index (χ0) is 18.1. The molecule has 0 saturated heterocycles. The van der Waals surface area contributed by atoms with Crippen LogP contribution in [0.4, 0.5) is 0 Å². The summed E-state index contributed by atoms with van der Waals surface area (Å²) in [7, 11) is 0. The van der Waals surface area contributed by atoms with E-state index in [4.69, 9.17) is 9.47 Å². The van der Waals surface area contributed by atoms with E-state index in [1.807, 2.05) is 56.3 Å². The second-order valence-corrected chi connectivity index (χ2v) is 5.72. The molecular weight excluding hydrogens is 318 g/mol. The van der Waals surface area contributed by atoms with Gasteiger partial charge in [-0.25, -0.2) is 4.79 Å². The SMILES string of the molecule is CC[C@@H](C)NC(=O)COC(=O)COc1ccc(-c2ccccc2)cc1. The lowest BCUT2D eigenvalue weighted by Crippen LogP contribution is -2.35. The van der Waals surface area contributed by atoms with Crippen LogP contribution in [0.15, 0.2) is 54.6 Å². The van der Waals surface area contributed by atoms with Crippen molar-refractivity contribution in [2.45, 2.75) is 26.3 Å². The normalized spacial score (nSPS) is 11.4. The highest BCUT2D eigenvalue weighted by Gasteiger charge is 2.10. The molecule has 0 aliphatic carbocycles. The molecule has 0 radical (unpaired) electrons. The van der Waals surface area contributed by atoms with E-state index >= 15 is 0 Å². The number of amides is 1. The number of benzene rings is 2. The van der Waals surface area contributed by atoms with Gasteiger partial charge in [0.2, 0.25) is 0 Å². The van der Waals surface area contributed by atoms with Gasteiger partial charge in [-0.15, -0.1) is 0 Å². The van der Waals surface area contributed by atoms with Crippen molar-refractivity contribution < 1.29 is 19.1 Å². The zero-order valence-electron chi connectivity index (χ0n) is 14.5. The van der Waals surface area contributed by atoms with Crippen LogP contribution in [-0.2, 0) is 14.3 Å². The van der Waals surface area contributed by atoms with Crippen LogP contribution >= 0.6 is 0 Å². The van der Waals surface area contributed by atoms with Gasteiger partial charge in [-0.3, -0.25) is 4.79 Å². The molecule has 0 aliphatic heterocycles. The van der Waals surface area contributed by atoms with E-state index in [9.17, 15) is 9.59 Å². The number of hydrogen-bond donors (Lipinski definition) is 1. The molecule has 0 bridgehead atoms. The molecule has 5 heteroatoms. The van der Waals surface area contributed by atoms with Gasteiger partial charge in [0, 0.05) is 6.04 Å². The fourth-order valence-electron chi connectivity index (χ4n) is 2.12. The number of esters is 1. The average molecular weight is 341 g/mol. The minimum atomic E-state index is -0.577. The molecule has 0 spiro atoms. The molecule has 1 amide bonds. The Morgan fingerprint density at radius 2 is 1.60 bits per heavy atom. The third-order valence-electron chi connectivity index (χ3n) is 3.70. The van der Waals surface area contributed by atoms with Crippen LogP contribution in [0.2, 0.25) is 0 Å². The molecule has 0 fully saturated rings. The molecule has 0 unspecified atom stereocenters. The maximum Gasteiger partial charge on any atom is 0.344 e. The van der Waals surface area contributed by atoms with Crippen LogP contribution in [0.5, 0.6) is 5.75 Å². The Morgan fingerprint density at radius 3 is 2.24 bits per heavy atom. The van der Waals surface area contributed by atoms with Gasteiger partial charge >= 0.3 is 5.97 Å². The molecular formula is C20H23NO4. The van der Waals surface area contributed by atoms with E-state index in [1.54, 1.807) is 12.1 Å². The first-order valence-corrected chi connectivity index (χ1v) is 8.31. The summed E-state index contributed by atoms with van der Waals surface area (Å²) in [4.78, 5) is 23.2. The van der Waals surface area contributed by atoms with Gasteiger partial charge in [0.15, 0.2) is 13.2 Å². The van der Waals surface area contributed by atoms with Gasteiger partial charge in [0.25, 0.3) is 5.91 Å². The number of carbonyl (C=O) groups is 2. The Labute approximate surface area is 148 Å². The van der Waals surface area contributed by atoms with Crippen molar-refractivity contribution in [3.63, 3.8) is 0 Å². The van der Waals surface area contributed by atoms with Gasteiger partial charge in [0.05, 0.1) is 0 Å². The molecule has 1 atom stereocenters. The van der Waals surface area contributed by atoms with Crippen LogP contribution in [-0.4, -0.2) is 31.1 Å². The van der Waals surface area contributed by atoms with E-state index in [0.717, 1.165) is 17.5 Å². The summed E-state index contributed by atoms with van der Waals surface area (Å²) in [6, 6.07) is 17.5. The molecule has 2 rings (SSSR count). The highest BCUT2D eigenvalue weighted by Crippen LogP contribution is 2.21. The minimum Gasteiger partial charge on any atom is -0.482 e. The van der Waals surface area contributed by atoms with Gasteiger partial charge in [-0.05, 0) is 36.6 Å². The van der Waals surface area contributed by atoms with Gasteiger partial charge in [0.1, 0.15) is 5.75 Å². The Morgan fingerprint density at radius 1 is 0.960 bits per heavy atom. The van der Waals surface area contributed by atoms with Crippen LogP contribution in [0.25, 0.3) is 11.1 Å². The van der Waals surface area contributed by atoms with Crippen LogP contribution in [0.3, 0.4) is 0 Å². The summed E-state index contributed by atoms with van der Waals surface area (Å²) < 4.78 is 10.3. The molecule has 1 N–H and O–H groups in total. The van der Waals surface area contributed by atoms with Crippen LogP contribution in [0, 0.1) is 0 Å². The predicted octanol–water partition coefficient (Wildman–Crippen LogP) is 3.19. The summed E-state index contributed by atoms with van der Waals surface area (Å²) in [5.74, 6) is -0.318. The molecule has 0 heterocycles. The topological polar surface area (TPSA) is 64.6 Å². The van der Waals surface area contributed by atoms with Crippen molar-refractivity contribution in [2.24, 2.45) is 0 Å². The number of carbonyl (C=O) groups excluding carboxylic acids is 2. The molecule has 0 saturated carbocycles. The number of ether oxygens (including phenoxy) is 2. The Kier molecular flexibility index (Phi) is 7.01. The first-order valence-electron chi connectivity index (χ1n) is 8.31. The van der Waals surface area contributed by atoms with E-state index in [0.29, 0.717) is 5.75 Å². The lowest BCUT2D eigenvalue weighted by Gasteiger charge is -2.11. The predicted molar refractivity (Wildman–Crippen MR) is 96.2 cm³/mol. The summed E-state index contributed by atoms with van der Waals surface area (Å²) >= 11 is 0. The zero-order valence-corrected chi connectivity index (χ0v) is 14.5. The summed E-state index contributed by atoms with van der Waals surface area (Å²) in [6.45, 7) is 3.33. The Balaban J connectivity index is 1.75. The van der Waals surface area contributed by atoms with E-state index < -0.39 is 5.97 Å². The van der Waals surface area contributed by atoms with Crippen molar-refractivity contribution in [3.05, 3.63) is 54.6 Å². The van der Waals surface area contributed by atoms with Crippen molar-refractivity contribution >= 4 is 11.9 Å². The summed E-state index contributed by atoms with van der Waals surface area (Å²) in [5, 5.41) is 2.72. The monoisotopic (exact) mass is 341 g/mol. The van der Waals surface area contributed by atoms with E-state index in [2.05, 4.69) is 5.32 Å². The third kappa shape index (κ3) is 6.30. The second-order valence-electron chi connectivity index (χ2n) is 5.72. The largest absolute Gasteiger partial charge is 0.482 e. The van der Waals surface area contributed by atoms with Gasteiger partial charge in [-0.2, -0.15) is 0 Å². The standard InChI is InChI=1S/C20H23NO4/c1-3-15(2)21-19(22)13-25-20(23)14-24-18-11-9-17(10-12-18)16-7-5-4-6-8-16/h4-12,15H,3,13-14H2,1-2H3,(H,21,22)/t15-/m1/s1. The molecule has 2 aromatic carbocycles. The molecule has 0 aromatic heterocycles. The number of nitrogens with one attached hydrogen (secondary N) is 1. The molecule has 2 aromatic rings. The maximum absolute atomic E-state index is 11.6. The lowest BCUT2D eigenvalue weighted by atomic mass is 10.1. The highest BCUT2D eigenvalue weighted by atomic mass is 16.6. The maximum atomic E-state index is 11.6. The van der Waals surface area contributed by atoms with E-state index in [1.165, 1.54) is 0 Å². The molecule has 132 valence electrons. The fourth-order valence-corrected chi connectivity index (χ4v) is 2.12. The Hall–Kier alpha value is -2.82. The Bertz CT molecular complexity index is 683. The highest BCUT2D eigenvalue weighted by molar-refractivity contribution is 5.81. The van der Waals surface area contributed by atoms with Crippen molar-refractivity contribution in [2.75, 3.05) is 13.2 Å². The first-order chi connectivity index (χ1) is 12.1. The first kappa shape index (κ1) is 18.5. The minimum absolute atomic E-state index is 0.0607. The summed E-state index contributed by atoms with van der Waals surface area (Å²) in [6.07, 6.45) is 0.821. The third-order valence-corrected chi connectivity index (χ3v) is 3.70. The fraction of sp³-hybridized carbons (Fsp3) is 0.300. The quantitative estimate of drug-likeness (QED) is 0.749.